The number of ether oxygens (including phenoxy) is 1. The summed E-state index contributed by atoms with van der Waals surface area (Å²) < 4.78 is 5.70. The largest absolute Gasteiger partial charge is 0.490 e. The molecule has 0 spiro atoms. The number of rotatable bonds is 4. The van der Waals surface area contributed by atoms with Crippen molar-refractivity contribution in [2.24, 2.45) is 5.73 Å². The van der Waals surface area contributed by atoms with Crippen LogP contribution in [0.15, 0.2) is 36.4 Å². The molecule has 3 aromatic rings. The third kappa shape index (κ3) is 3.74. The van der Waals surface area contributed by atoms with E-state index in [1.165, 1.54) is 22.5 Å². The Morgan fingerprint density at radius 1 is 1.21 bits per heavy atom. The third-order valence-corrected chi connectivity index (χ3v) is 5.69. The molecule has 2 N–H and O–H groups in total. The predicted molar refractivity (Wildman–Crippen MR) is 114 cm³/mol. The van der Waals surface area contributed by atoms with Gasteiger partial charge in [0.15, 0.2) is 0 Å². The van der Waals surface area contributed by atoms with E-state index in [-0.39, 0.29) is 24.6 Å². The number of nitriles is 1. The molecule has 1 heterocycles. The van der Waals surface area contributed by atoms with Gasteiger partial charge in [-0.25, -0.2) is 0 Å². The lowest BCUT2D eigenvalue weighted by molar-refractivity contribution is 0.242. The second-order valence-electron chi connectivity index (χ2n) is 6.92. The summed E-state index contributed by atoms with van der Waals surface area (Å²) in [5, 5.41) is 19.9. The molecule has 1 unspecified atom stereocenters. The van der Waals surface area contributed by atoms with Crippen LogP contribution in [-0.4, -0.2) is 16.3 Å². The number of nitrogens with zero attached hydrogens (tertiary/aromatic N) is 3. The van der Waals surface area contributed by atoms with Crippen LogP contribution in [0.4, 0.5) is 0 Å². The molecule has 0 amide bonds. The molecule has 4 rings (SSSR count). The number of halogens is 1. The number of nitrogens with two attached hydrogens (primary N) is 1. The molecule has 0 radical (unpaired) electrons. The van der Waals surface area contributed by atoms with Crippen molar-refractivity contribution in [2.75, 3.05) is 0 Å². The van der Waals surface area contributed by atoms with Crippen molar-refractivity contribution in [3.63, 3.8) is 0 Å². The van der Waals surface area contributed by atoms with Gasteiger partial charge in [-0.05, 0) is 56.0 Å². The number of hydrogen-bond acceptors (Lipinski definition) is 6. The highest BCUT2D eigenvalue weighted by Crippen LogP contribution is 2.39. The normalized spacial score (nSPS) is 15.0. The van der Waals surface area contributed by atoms with Gasteiger partial charge in [-0.3, -0.25) is 0 Å². The maximum absolute atomic E-state index is 9.44. The van der Waals surface area contributed by atoms with Gasteiger partial charge < -0.3 is 10.5 Å². The Kier molecular flexibility index (Phi) is 5.99. The van der Waals surface area contributed by atoms with E-state index in [0.717, 1.165) is 34.0 Å². The van der Waals surface area contributed by atoms with Crippen LogP contribution in [-0.2, 0) is 6.42 Å². The second kappa shape index (κ2) is 8.27. The first-order valence-electron chi connectivity index (χ1n) is 8.99. The standard InChI is InChI=1S/C21H20N4OS.ClH/c1-12(2)26-19-9-6-13(10-14(19)11-22)20-24-25-21(27-20)17-5-3-4-16-15(17)7-8-18(16)23;/h3-6,9-10,12,18H,7-8,23H2,1-2H3;1H. The third-order valence-electron chi connectivity index (χ3n) is 4.68. The molecule has 0 fully saturated rings. The lowest BCUT2D eigenvalue weighted by Gasteiger charge is -2.11. The summed E-state index contributed by atoms with van der Waals surface area (Å²) in [5.41, 5.74) is 11.2. The Labute approximate surface area is 174 Å². The monoisotopic (exact) mass is 412 g/mol. The zero-order valence-electron chi connectivity index (χ0n) is 15.7. The molecule has 1 aromatic heterocycles. The van der Waals surface area contributed by atoms with Crippen molar-refractivity contribution in [2.45, 2.75) is 38.8 Å². The smallest absolute Gasteiger partial charge is 0.148 e. The highest BCUT2D eigenvalue weighted by Gasteiger charge is 2.23. The van der Waals surface area contributed by atoms with Crippen molar-refractivity contribution in [1.29, 1.82) is 5.26 Å². The van der Waals surface area contributed by atoms with Crippen LogP contribution in [0.2, 0.25) is 0 Å². The zero-order chi connectivity index (χ0) is 19.0. The van der Waals surface area contributed by atoms with Crippen molar-refractivity contribution in [3.05, 3.63) is 53.1 Å². The van der Waals surface area contributed by atoms with Crippen molar-refractivity contribution >= 4 is 23.7 Å². The van der Waals surface area contributed by atoms with Crippen LogP contribution in [0.3, 0.4) is 0 Å². The van der Waals surface area contributed by atoms with Crippen LogP contribution in [0, 0.1) is 11.3 Å². The lowest BCUT2D eigenvalue weighted by atomic mass is 10.0. The summed E-state index contributed by atoms with van der Waals surface area (Å²) in [6.07, 6.45) is 1.96. The van der Waals surface area contributed by atoms with Crippen molar-refractivity contribution in [3.8, 4) is 33.0 Å². The fourth-order valence-corrected chi connectivity index (χ4v) is 4.34. The van der Waals surface area contributed by atoms with Crippen molar-refractivity contribution < 1.29 is 4.74 Å². The minimum Gasteiger partial charge on any atom is -0.490 e. The second-order valence-corrected chi connectivity index (χ2v) is 7.90. The molecule has 0 aliphatic heterocycles. The minimum atomic E-state index is 0. The molecule has 0 saturated heterocycles. The fraction of sp³-hybridized carbons (Fsp3) is 0.286. The van der Waals surface area contributed by atoms with E-state index in [1.54, 1.807) is 0 Å². The fourth-order valence-electron chi connectivity index (χ4n) is 3.44. The van der Waals surface area contributed by atoms with Gasteiger partial charge >= 0.3 is 0 Å². The zero-order valence-corrected chi connectivity index (χ0v) is 17.3. The summed E-state index contributed by atoms with van der Waals surface area (Å²) in [6.45, 7) is 3.88. The molecule has 1 atom stereocenters. The summed E-state index contributed by atoms with van der Waals surface area (Å²) in [6, 6.07) is 14.1. The Morgan fingerprint density at radius 2 is 2.00 bits per heavy atom. The van der Waals surface area contributed by atoms with Crippen molar-refractivity contribution in [1.82, 2.24) is 10.2 Å². The van der Waals surface area contributed by atoms with E-state index in [2.05, 4.69) is 28.4 Å². The van der Waals surface area contributed by atoms with Gasteiger partial charge in [0.2, 0.25) is 0 Å². The number of benzene rings is 2. The summed E-state index contributed by atoms with van der Waals surface area (Å²) in [5.74, 6) is 0.593. The number of aromatic nitrogens is 2. The molecule has 5 nitrogen and oxygen atoms in total. The van der Waals surface area contributed by atoms with Crippen LogP contribution in [0.1, 0.15) is 43.0 Å². The quantitative estimate of drug-likeness (QED) is 0.658. The van der Waals surface area contributed by atoms with Gasteiger partial charge in [0.05, 0.1) is 11.7 Å². The maximum atomic E-state index is 9.44. The highest BCUT2D eigenvalue weighted by molar-refractivity contribution is 7.17. The van der Waals surface area contributed by atoms with E-state index >= 15 is 0 Å². The Morgan fingerprint density at radius 3 is 2.75 bits per heavy atom. The molecular formula is C21H21ClN4OS. The first-order chi connectivity index (χ1) is 13.1. The van der Waals surface area contributed by atoms with Gasteiger partial charge in [0.1, 0.15) is 21.8 Å². The van der Waals surface area contributed by atoms with Crippen LogP contribution in [0.5, 0.6) is 5.75 Å². The Balaban J connectivity index is 0.00000225. The average molecular weight is 413 g/mol. The molecule has 2 aromatic carbocycles. The van der Waals surface area contributed by atoms with Crippen LogP contribution >= 0.6 is 23.7 Å². The maximum Gasteiger partial charge on any atom is 0.148 e. The van der Waals surface area contributed by atoms with Gasteiger partial charge in [-0.15, -0.1) is 22.6 Å². The predicted octanol–water partition coefficient (Wildman–Crippen LogP) is 4.90. The van der Waals surface area contributed by atoms with E-state index in [0.29, 0.717) is 11.3 Å². The van der Waals surface area contributed by atoms with Crippen LogP contribution in [0.25, 0.3) is 21.1 Å². The summed E-state index contributed by atoms with van der Waals surface area (Å²) >= 11 is 1.53. The molecular weight excluding hydrogens is 392 g/mol. The highest BCUT2D eigenvalue weighted by atomic mass is 35.5. The van der Waals surface area contributed by atoms with Crippen LogP contribution < -0.4 is 10.5 Å². The van der Waals surface area contributed by atoms with Gasteiger partial charge in [-0.2, -0.15) is 5.26 Å². The van der Waals surface area contributed by atoms with Gasteiger partial charge in [0, 0.05) is 17.2 Å². The van der Waals surface area contributed by atoms with Gasteiger partial charge in [0.25, 0.3) is 0 Å². The lowest BCUT2D eigenvalue weighted by Crippen LogP contribution is -2.06. The molecule has 144 valence electrons. The minimum absolute atomic E-state index is 0. The van der Waals surface area contributed by atoms with E-state index in [4.69, 9.17) is 10.5 Å². The number of hydrogen-bond donors (Lipinski definition) is 1. The van der Waals surface area contributed by atoms with E-state index in [9.17, 15) is 5.26 Å². The van der Waals surface area contributed by atoms with Gasteiger partial charge in [-0.1, -0.05) is 29.5 Å². The molecule has 28 heavy (non-hydrogen) atoms. The Hall–Kier alpha value is -2.46. The van der Waals surface area contributed by atoms with E-state index < -0.39 is 0 Å². The Bertz CT molecular complexity index is 1040. The first-order valence-corrected chi connectivity index (χ1v) is 9.81. The molecule has 0 bridgehead atoms. The molecule has 1 aliphatic rings. The first kappa shape index (κ1) is 20.3. The average Bonchev–Trinajstić information content (AvgIpc) is 3.29. The number of fused-ring (bicyclic) bond motifs is 1. The summed E-state index contributed by atoms with van der Waals surface area (Å²) in [7, 11) is 0. The topological polar surface area (TPSA) is 84.8 Å². The van der Waals surface area contributed by atoms with E-state index in [1.807, 2.05) is 38.1 Å². The molecule has 7 heteroatoms. The summed E-state index contributed by atoms with van der Waals surface area (Å²) in [4.78, 5) is 0. The SMILES string of the molecule is CC(C)Oc1ccc(-c2nnc(-c3cccc4c3CCC4N)s2)cc1C#N.Cl. The molecule has 1 aliphatic carbocycles. The molecule has 0 saturated carbocycles.